The first-order valence-electron chi connectivity index (χ1n) is 7.44. The Balaban J connectivity index is 1.91. The van der Waals surface area contributed by atoms with Gasteiger partial charge in [0.2, 0.25) is 0 Å². The van der Waals surface area contributed by atoms with Crippen LogP contribution in [0.5, 0.6) is 0 Å². The van der Waals surface area contributed by atoms with E-state index < -0.39 is 0 Å². The molecule has 0 aromatic carbocycles. The van der Waals surface area contributed by atoms with Crippen LogP contribution in [0.4, 0.5) is 5.69 Å². The summed E-state index contributed by atoms with van der Waals surface area (Å²) >= 11 is 3.39. The zero-order valence-corrected chi connectivity index (χ0v) is 13.7. The van der Waals surface area contributed by atoms with E-state index in [2.05, 4.69) is 38.2 Å². The molecule has 2 rings (SSSR count). The predicted octanol–water partition coefficient (Wildman–Crippen LogP) is 2.31. The minimum atomic E-state index is -0.0513. The van der Waals surface area contributed by atoms with Gasteiger partial charge < -0.3 is 10.2 Å². The largest absolute Gasteiger partial charge is 0.381 e. The molecule has 0 amide bonds. The molecular weight excluding hydrogens is 320 g/mol. The molecule has 1 aliphatic rings. The van der Waals surface area contributed by atoms with Crippen molar-refractivity contribution in [2.45, 2.75) is 39.2 Å². The summed E-state index contributed by atoms with van der Waals surface area (Å²) in [6.07, 6.45) is 6.38. The maximum atomic E-state index is 12.1. The number of nitrogens with one attached hydrogen (secondary N) is 1. The molecule has 1 N–H and O–H groups in total. The number of hydrogen-bond donors (Lipinski definition) is 1. The number of aryl methyl sites for hydroxylation is 1. The molecule has 1 aromatic rings. The fraction of sp³-hybridized carbons (Fsp3) is 0.714. The highest BCUT2D eigenvalue weighted by Crippen LogP contribution is 2.16. The summed E-state index contributed by atoms with van der Waals surface area (Å²) in [4.78, 5) is 14.6. The average Bonchev–Trinajstić information content (AvgIpc) is 2.96. The van der Waals surface area contributed by atoms with Gasteiger partial charge in [-0.05, 0) is 48.3 Å². The molecule has 2 heterocycles. The van der Waals surface area contributed by atoms with Crippen LogP contribution in [-0.2, 0) is 6.54 Å². The number of anilines is 1. The zero-order valence-electron chi connectivity index (χ0n) is 12.1. The smallest absolute Gasteiger partial charge is 0.283 e. The van der Waals surface area contributed by atoms with Gasteiger partial charge in [-0.2, -0.15) is 5.10 Å². The van der Waals surface area contributed by atoms with Gasteiger partial charge >= 0.3 is 0 Å². The Labute approximate surface area is 128 Å². The van der Waals surface area contributed by atoms with Gasteiger partial charge in [0, 0.05) is 19.6 Å². The quantitative estimate of drug-likeness (QED) is 0.826. The summed E-state index contributed by atoms with van der Waals surface area (Å²) in [5.41, 5.74) is 0.742. The molecule has 5 nitrogen and oxygen atoms in total. The van der Waals surface area contributed by atoms with Crippen LogP contribution in [-0.4, -0.2) is 40.9 Å². The Morgan fingerprint density at radius 2 is 2.10 bits per heavy atom. The molecule has 112 valence electrons. The number of nitrogens with zero attached hydrogens (tertiary/aromatic N) is 3. The Bertz CT molecular complexity index is 483. The van der Waals surface area contributed by atoms with E-state index in [0.29, 0.717) is 11.0 Å². The SMILES string of the molecule is CCCCn1ncc(NCCN2CCCC2)c(Br)c1=O. The van der Waals surface area contributed by atoms with Crippen LogP contribution in [0.25, 0.3) is 0 Å². The van der Waals surface area contributed by atoms with Gasteiger partial charge in [0.05, 0.1) is 11.9 Å². The number of unbranched alkanes of at least 4 members (excludes halogenated alkanes) is 1. The van der Waals surface area contributed by atoms with Crippen molar-refractivity contribution in [1.82, 2.24) is 14.7 Å². The molecule has 6 heteroatoms. The van der Waals surface area contributed by atoms with Crippen molar-refractivity contribution in [3.8, 4) is 0 Å². The van der Waals surface area contributed by atoms with Crippen LogP contribution in [0.1, 0.15) is 32.6 Å². The summed E-state index contributed by atoms with van der Waals surface area (Å²) in [5, 5.41) is 7.52. The average molecular weight is 343 g/mol. The minimum absolute atomic E-state index is 0.0513. The van der Waals surface area contributed by atoms with Crippen molar-refractivity contribution in [3.63, 3.8) is 0 Å². The lowest BCUT2D eigenvalue weighted by molar-refractivity contribution is 0.352. The second-order valence-electron chi connectivity index (χ2n) is 5.23. The molecule has 20 heavy (non-hydrogen) atoms. The van der Waals surface area contributed by atoms with Crippen molar-refractivity contribution in [1.29, 1.82) is 0 Å². The standard InChI is InChI=1S/C14H23BrN4O/c1-2-3-9-19-14(20)13(15)12(11-17-19)16-6-10-18-7-4-5-8-18/h11,16H,2-10H2,1H3. The van der Waals surface area contributed by atoms with Crippen molar-refractivity contribution in [2.24, 2.45) is 0 Å². The van der Waals surface area contributed by atoms with Gasteiger partial charge in [-0.3, -0.25) is 4.79 Å². The Kier molecular flexibility index (Phi) is 6.04. The van der Waals surface area contributed by atoms with E-state index in [4.69, 9.17) is 0 Å². The monoisotopic (exact) mass is 342 g/mol. The lowest BCUT2D eigenvalue weighted by Crippen LogP contribution is -2.28. The van der Waals surface area contributed by atoms with Crippen molar-refractivity contribution in [2.75, 3.05) is 31.5 Å². The number of likely N-dealkylation sites (tertiary alicyclic amines) is 1. The fourth-order valence-electron chi connectivity index (χ4n) is 2.41. The second-order valence-corrected chi connectivity index (χ2v) is 6.02. The highest BCUT2D eigenvalue weighted by Gasteiger charge is 2.12. The number of hydrogen-bond acceptors (Lipinski definition) is 4. The van der Waals surface area contributed by atoms with E-state index in [1.54, 1.807) is 6.20 Å². The maximum absolute atomic E-state index is 12.1. The molecule has 1 aromatic heterocycles. The topological polar surface area (TPSA) is 50.2 Å². The molecule has 1 fully saturated rings. The summed E-state index contributed by atoms with van der Waals surface area (Å²) in [6, 6.07) is 0. The van der Waals surface area contributed by atoms with E-state index >= 15 is 0 Å². The van der Waals surface area contributed by atoms with Crippen molar-refractivity contribution < 1.29 is 0 Å². The van der Waals surface area contributed by atoms with Crippen LogP contribution >= 0.6 is 15.9 Å². The lowest BCUT2D eigenvalue weighted by Gasteiger charge is -2.16. The molecule has 0 spiro atoms. The molecule has 0 radical (unpaired) electrons. The number of rotatable bonds is 7. The Morgan fingerprint density at radius 3 is 2.80 bits per heavy atom. The summed E-state index contributed by atoms with van der Waals surface area (Å²) in [5.74, 6) is 0. The minimum Gasteiger partial charge on any atom is -0.381 e. The van der Waals surface area contributed by atoms with Gasteiger partial charge in [0.15, 0.2) is 0 Å². The van der Waals surface area contributed by atoms with Gasteiger partial charge in [-0.15, -0.1) is 0 Å². The van der Waals surface area contributed by atoms with E-state index in [1.807, 2.05) is 0 Å². The van der Waals surface area contributed by atoms with Crippen LogP contribution in [0.15, 0.2) is 15.5 Å². The van der Waals surface area contributed by atoms with Crippen molar-refractivity contribution in [3.05, 3.63) is 21.0 Å². The van der Waals surface area contributed by atoms with Gasteiger partial charge in [0.25, 0.3) is 5.56 Å². The van der Waals surface area contributed by atoms with Crippen LogP contribution in [0, 0.1) is 0 Å². The van der Waals surface area contributed by atoms with Crippen LogP contribution < -0.4 is 10.9 Å². The molecule has 0 unspecified atom stereocenters. The normalized spacial score (nSPS) is 15.7. The Morgan fingerprint density at radius 1 is 1.35 bits per heavy atom. The second kappa shape index (κ2) is 7.78. The number of halogens is 1. The van der Waals surface area contributed by atoms with E-state index in [-0.39, 0.29) is 5.56 Å². The Hall–Kier alpha value is -0.880. The highest BCUT2D eigenvalue weighted by molar-refractivity contribution is 9.10. The summed E-state index contributed by atoms with van der Waals surface area (Å²) in [6.45, 7) is 7.04. The van der Waals surface area contributed by atoms with Gasteiger partial charge in [-0.25, -0.2) is 4.68 Å². The first kappa shape index (κ1) is 15.5. The maximum Gasteiger partial charge on any atom is 0.283 e. The third kappa shape index (κ3) is 4.06. The third-order valence-corrected chi connectivity index (χ3v) is 4.42. The highest BCUT2D eigenvalue weighted by atomic mass is 79.9. The van der Waals surface area contributed by atoms with E-state index in [0.717, 1.165) is 31.6 Å². The predicted molar refractivity (Wildman–Crippen MR) is 85.3 cm³/mol. The number of aromatic nitrogens is 2. The van der Waals surface area contributed by atoms with E-state index in [9.17, 15) is 4.79 Å². The molecule has 0 saturated carbocycles. The lowest BCUT2D eigenvalue weighted by atomic mass is 10.3. The van der Waals surface area contributed by atoms with Crippen LogP contribution in [0.3, 0.4) is 0 Å². The fourth-order valence-corrected chi connectivity index (χ4v) is 2.86. The first-order valence-corrected chi connectivity index (χ1v) is 8.23. The molecule has 0 aliphatic carbocycles. The zero-order chi connectivity index (χ0) is 14.4. The van der Waals surface area contributed by atoms with Gasteiger partial charge in [-0.1, -0.05) is 13.3 Å². The summed E-state index contributed by atoms with van der Waals surface area (Å²) in [7, 11) is 0. The third-order valence-electron chi connectivity index (χ3n) is 3.65. The molecule has 0 bridgehead atoms. The van der Waals surface area contributed by atoms with E-state index in [1.165, 1.54) is 30.6 Å². The van der Waals surface area contributed by atoms with Crippen molar-refractivity contribution >= 4 is 21.6 Å². The summed E-state index contributed by atoms with van der Waals surface area (Å²) < 4.78 is 2.12. The first-order chi connectivity index (χ1) is 9.72. The molecular formula is C14H23BrN4O. The molecule has 1 aliphatic heterocycles. The molecule has 1 saturated heterocycles. The van der Waals surface area contributed by atoms with Gasteiger partial charge in [0.1, 0.15) is 4.47 Å². The molecule has 0 atom stereocenters. The van der Waals surface area contributed by atoms with Crippen LogP contribution in [0.2, 0.25) is 0 Å².